The number of fused-ring (bicyclic) bond motifs is 6. The van der Waals surface area contributed by atoms with Crippen LogP contribution in [0.2, 0.25) is 0 Å². The van der Waals surface area contributed by atoms with Crippen molar-refractivity contribution in [2.24, 2.45) is 0 Å². The van der Waals surface area contributed by atoms with Crippen molar-refractivity contribution in [1.29, 1.82) is 0 Å². The number of hydrogen-bond donors (Lipinski definition) is 12. The van der Waals surface area contributed by atoms with Crippen LogP contribution in [0.25, 0.3) is 135 Å². The van der Waals surface area contributed by atoms with Gasteiger partial charge in [-0.25, -0.2) is 29.9 Å². The number of anilines is 12. The highest BCUT2D eigenvalue weighted by Gasteiger charge is 2.46. The van der Waals surface area contributed by atoms with E-state index in [1.165, 1.54) is 60.7 Å². The van der Waals surface area contributed by atoms with E-state index in [-0.39, 0.29) is 102 Å². The van der Waals surface area contributed by atoms with E-state index < -0.39 is 128 Å². The Morgan fingerprint density at radius 2 is 0.535 bits per heavy atom. The summed E-state index contributed by atoms with van der Waals surface area (Å²) in [5.41, 5.74) is 61.7. The average molecular weight is 2070 g/mol. The number of aryl methyl sites for hydroxylation is 4. The first kappa shape index (κ1) is 103. The zero-order chi connectivity index (χ0) is 104. The largest absolute Gasteiger partial charge is 0.436 e. The standard InChI is InChI=1S/3C16H14F3N3O.C15H8BrF6N3O.C15H9F6N3O.C15H12F3N3O/c1-2-8-5-10(21)6-11(16(17,18)19)14(8)15-22-12-7-9(20)3-4-13(12)23-15;1-2-8-5-10(21)7-13-14(8)23-15(22-13)11-4-3-9(20)6-12(11)16(17,18)19;1-2-8-5-14-13(7-12(8)21)22-15(23-14)10-4-3-9(20)6-11(10)16(17,18)19;16-8-3-11-10(4-9(8)24)25-13(26-11)12-6(14(17,18)19)1-5(23)2-7(12)15(20,21)22;16-14(17,18)9-3-6(22)1-2-8(9)13-24-11-5-7(23)4-10(12(11)25-13)15(19,20)21;1-7-11(20)4-5-12-13(7)21-14(22-12)9-3-2-8(19)6-10(9)15(16,17)18/h3*3-7H,2,20-21H2,1H3;1-4H,23-24H2;1-5H,22-23H2;2-6H,19-20H2,1H3. The molecule has 142 heavy (non-hydrogen) atoms. The summed E-state index contributed by atoms with van der Waals surface area (Å²) in [4.78, 5) is 24.1. The van der Waals surface area contributed by atoms with E-state index in [1.54, 1.807) is 68.4 Å². The number of benzene rings is 12. The molecule has 0 radical (unpaired) electrons. The molecule has 0 unspecified atom stereocenters. The molecule has 0 saturated heterocycles. The quantitative estimate of drug-likeness (QED) is 0.0472. The molecule has 744 valence electrons. The van der Waals surface area contributed by atoms with E-state index >= 15 is 0 Å². The zero-order valence-corrected chi connectivity index (χ0v) is 74.5. The molecular formula is C93H71BrF24N18O6. The van der Waals surface area contributed by atoms with Crippen LogP contribution in [0.3, 0.4) is 0 Å². The van der Waals surface area contributed by atoms with Gasteiger partial charge in [0.1, 0.15) is 38.7 Å². The van der Waals surface area contributed by atoms with E-state index in [0.29, 0.717) is 126 Å². The maximum absolute atomic E-state index is 13.4. The molecule has 6 aromatic heterocycles. The lowest BCUT2D eigenvalue weighted by molar-refractivity contribution is -0.142. The van der Waals surface area contributed by atoms with Crippen molar-refractivity contribution in [3.63, 3.8) is 0 Å². The number of halogens is 25. The third-order valence-electron chi connectivity index (χ3n) is 21.0. The molecule has 6 heterocycles. The lowest BCUT2D eigenvalue weighted by Gasteiger charge is -2.17. The predicted molar refractivity (Wildman–Crippen MR) is 490 cm³/mol. The van der Waals surface area contributed by atoms with Gasteiger partial charge in [0.15, 0.2) is 33.5 Å². The van der Waals surface area contributed by atoms with Crippen LogP contribution in [0.5, 0.6) is 0 Å². The molecule has 0 spiro atoms. The minimum Gasteiger partial charge on any atom is -0.436 e. The van der Waals surface area contributed by atoms with Crippen LogP contribution in [0.4, 0.5) is 174 Å². The van der Waals surface area contributed by atoms with Gasteiger partial charge in [0, 0.05) is 101 Å². The third-order valence-corrected chi connectivity index (χ3v) is 21.7. The van der Waals surface area contributed by atoms with Crippen molar-refractivity contribution in [2.75, 3.05) is 68.8 Å². The maximum atomic E-state index is 13.4. The Hall–Kier alpha value is -16.1. The summed E-state index contributed by atoms with van der Waals surface area (Å²) in [6, 6.07) is 35.4. The van der Waals surface area contributed by atoms with Gasteiger partial charge in [-0.3, -0.25) is 0 Å². The van der Waals surface area contributed by atoms with Gasteiger partial charge in [-0.2, -0.15) is 105 Å². The number of nitrogens with zero attached hydrogens (tertiary/aromatic N) is 6. The number of alkyl halides is 24. The normalized spacial score (nSPS) is 12.3. The van der Waals surface area contributed by atoms with Crippen LogP contribution >= 0.6 is 15.9 Å². The summed E-state index contributed by atoms with van der Waals surface area (Å²) in [7, 11) is 0. The van der Waals surface area contributed by atoms with E-state index in [9.17, 15) is 105 Å². The average Bonchev–Trinajstić information content (AvgIpc) is 1.45. The molecule has 0 saturated carbocycles. The fraction of sp³-hybridized carbons (Fsp3) is 0.161. The maximum Gasteiger partial charge on any atom is 0.420 e. The molecule has 12 aromatic carbocycles. The van der Waals surface area contributed by atoms with Gasteiger partial charge in [0.05, 0.1) is 50.1 Å². The van der Waals surface area contributed by atoms with Crippen LogP contribution in [0, 0.1) is 6.92 Å². The Labute approximate surface area is 790 Å². The lowest BCUT2D eigenvalue weighted by atomic mass is 9.97. The third kappa shape index (κ3) is 22.6. The highest BCUT2D eigenvalue weighted by atomic mass is 79.9. The van der Waals surface area contributed by atoms with E-state index in [1.807, 2.05) is 13.8 Å². The molecule has 18 rings (SSSR count). The molecule has 49 heteroatoms. The van der Waals surface area contributed by atoms with Gasteiger partial charge in [0.2, 0.25) is 35.3 Å². The first-order valence-electron chi connectivity index (χ1n) is 40.8. The van der Waals surface area contributed by atoms with Crippen molar-refractivity contribution >= 4 is 151 Å². The zero-order valence-electron chi connectivity index (χ0n) is 72.9. The second-order valence-corrected chi connectivity index (χ2v) is 32.0. The second kappa shape index (κ2) is 38.6. The Morgan fingerprint density at radius 3 is 0.986 bits per heavy atom. The minimum atomic E-state index is -5.11. The molecule has 0 aliphatic rings. The van der Waals surface area contributed by atoms with Gasteiger partial charge in [-0.1, -0.05) is 20.8 Å². The molecule has 24 N–H and O–H groups in total. The van der Waals surface area contributed by atoms with Crippen molar-refractivity contribution in [3.8, 4) is 68.7 Å². The molecule has 0 aliphatic heterocycles. The molecule has 0 atom stereocenters. The number of oxazole rings is 6. The van der Waals surface area contributed by atoms with E-state index in [0.717, 1.165) is 47.5 Å². The van der Waals surface area contributed by atoms with Crippen LogP contribution in [-0.2, 0) is 68.7 Å². The van der Waals surface area contributed by atoms with Gasteiger partial charge in [-0.15, -0.1) is 0 Å². The van der Waals surface area contributed by atoms with Crippen molar-refractivity contribution in [2.45, 2.75) is 96.4 Å². The number of rotatable bonds is 9. The summed E-state index contributed by atoms with van der Waals surface area (Å²) >= 11 is 3.09. The van der Waals surface area contributed by atoms with Gasteiger partial charge >= 0.3 is 49.4 Å². The van der Waals surface area contributed by atoms with Gasteiger partial charge < -0.3 is 95.3 Å². The first-order chi connectivity index (χ1) is 66.0. The minimum absolute atomic E-state index is 0.0128. The number of nitrogen functional groups attached to an aromatic ring is 12. The summed E-state index contributed by atoms with van der Waals surface area (Å²) < 4.78 is 351. The fourth-order valence-corrected chi connectivity index (χ4v) is 14.8. The first-order valence-corrected chi connectivity index (χ1v) is 41.6. The molecule has 24 nitrogen and oxygen atoms in total. The van der Waals surface area contributed by atoms with E-state index in [4.69, 9.17) is 95.3 Å². The summed E-state index contributed by atoms with van der Waals surface area (Å²) in [5.74, 6) is -1.87. The smallest absolute Gasteiger partial charge is 0.420 e. The van der Waals surface area contributed by atoms with Gasteiger partial charge in [-0.05, 0) is 235 Å². The van der Waals surface area contributed by atoms with Gasteiger partial charge in [0.25, 0.3) is 0 Å². The van der Waals surface area contributed by atoms with Crippen molar-refractivity contribution in [3.05, 3.63) is 247 Å². The molecule has 0 aliphatic carbocycles. The van der Waals surface area contributed by atoms with Crippen molar-refractivity contribution in [1.82, 2.24) is 29.9 Å². The Morgan fingerprint density at radius 1 is 0.239 bits per heavy atom. The van der Waals surface area contributed by atoms with Crippen LogP contribution < -0.4 is 68.8 Å². The summed E-state index contributed by atoms with van der Waals surface area (Å²) in [5, 5.41) is 0. The predicted octanol–water partition coefficient (Wildman–Crippen LogP) is 26.9. The summed E-state index contributed by atoms with van der Waals surface area (Å²) in [6.07, 6.45) is -36.4. The molecule has 0 fully saturated rings. The highest BCUT2D eigenvalue weighted by molar-refractivity contribution is 9.10. The highest BCUT2D eigenvalue weighted by Crippen LogP contribution is 2.51. The lowest BCUT2D eigenvalue weighted by Crippen LogP contribution is -2.15. The number of aromatic nitrogens is 6. The molecule has 0 amide bonds. The molecule has 18 aromatic rings. The SMILES string of the molecule is CCc1cc(N)cc(C(F)(F)F)c1-c1nc2cc(N)ccc2o1.CCc1cc(N)cc2nc(-c3ccc(N)cc3C(F)(F)F)oc12.CCc1cc2oc(-c3ccc(N)cc3C(F)(F)F)nc2cc1N.Cc1c(N)ccc2oc(-c3ccc(N)cc3C(F)(F)F)nc12.Nc1cc(C(F)(F)F)c(-c2nc3cc(N)c(Br)cc3o2)c(C(F)(F)F)c1.Nc1ccc(-c2nc3cc(N)cc(C(F)(F)F)c3o2)c(C(F)(F)F)c1. The Bertz CT molecular complexity index is 7770. The summed E-state index contributed by atoms with van der Waals surface area (Å²) in [6.45, 7) is 7.31. The second-order valence-electron chi connectivity index (χ2n) is 31.1. The monoisotopic (exact) mass is 2070 g/mol. The number of hydrogen-bond acceptors (Lipinski definition) is 24. The van der Waals surface area contributed by atoms with Crippen LogP contribution in [0.1, 0.15) is 87.5 Å². The number of nitrogens with two attached hydrogens (primary N) is 12. The van der Waals surface area contributed by atoms with Crippen molar-refractivity contribution < 1.29 is 132 Å². The van der Waals surface area contributed by atoms with Crippen LogP contribution in [0.15, 0.2) is 207 Å². The van der Waals surface area contributed by atoms with E-state index in [2.05, 4.69) is 45.8 Å². The van der Waals surface area contributed by atoms with Crippen LogP contribution in [-0.4, -0.2) is 29.9 Å². The Balaban J connectivity index is 0.000000143. The topological polar surface area (TPSA) is 468 Å². The molecular weight excluding hydrogens is 2000 g/mol. The molecule has 0 bridgehead atoms. The fourth-order valence-electron chi connectivity index (χ4n) is 14.5. The Kier molecular flexibility index (Phi) is 28.0.